The molecular formula is C11H12F2INO3. The van der Waals surface area contributed by atoms with Gasteiger partial charge in [-0.25, -0.2) is 13.8 Å². The second kappa shape index (κ2) is 6.81. The van der Waals surface area contributed by atoms with Crippen molar-refractivity contribution in [2.24, 2.45) is 0 Å². The van der Waals surface area contributed by atoms with Crippen LogP contribution in [0.4, 0.5) is 8.78 Å². The number of nitrogens with zero attached hydrogens (tertiary/aromatic N) is 1. The van der Waals surface area contributed by atoms with Crippen LogP contribution in [-0.2, 0) is 16.0 Å². The molecule has 100 valence electrons. The van der Waals surface area contributed by atoms with E-state index >= 15 is 0 Å². The number of alkyl halides is 2. The van der Waals surface area contributed by atoms with Crippen molar-refractivity contribution in [3.8, 4) is 5.88 Å². The first-order chi connectivity index (χ1) is 8.49. The van der Waals surface area contributed by atoms with Crippen LogP contribution in [0.3, 0.4) is 0 Å². The molecular weight excluding hydrogens is 359 g/mol. The molecule has 1 aromatic rings. The number of esters is 1. The number of carbonyl (C=O) groups excluding carboxylic acids is 1. The first-order valence-electron chi connectivity index (χ1n) is 5.16. The van der Waals surface area contributed by atoms with E-state index in [-0.39, 0.29) is 24.5 Å². The van der Waals surface area contributed by atoms with Crippen LogP contribution in [0, 0.1) is 3.57 Å². The zero-order valence-electron chi connectivity index (χ0n) is 9.87. The number of rotatable bonds is 5. The van der Waals surface area contributed by atoms with Gasteiger partial charge >= 0.3 is 5.97 Å². The van der Waals surface area contributed by atoms with Crippen molar-refractivity contribution >= 4 is 28.6 Å². The smallest absolute Gasteiger partial charge is 0.310 e. The van der Waals surface area contributed by atoms with Gasteiger partial charge in [0.15, 0.2) is 0 Å². The molecule has 18 heavy (non-hydrogen) atoms. The Balaban J connectivity index is 3.12. The molecule has 0 unspecified atom stereocenters. The molecule has 0 spiro atoms. The van der Waals surface area contributed by atoms with E-state index < -0.39 is 18.1 Å². The largest absolute Gasteiger partial charge is 0.481 e. The van der Waals surface area contributed by atoms with Crippen LogP contribution in [0.1, 0.15) is 24.6 Å². The number of methoxy groups -OCH3 is 1. The Morgan fingerprint density at radius 2 is 2.22 bits per heavy atom. The van der Waals surface area contributed by atoms with E-state index in [1.54, 1.807) is 6.92 Å². The Bertz CT molecular complexity index is 441. The van der Waals surface area contributed by atoms with Crippen LogP contribution >= 0.6 is 22.6 Å². The van der Waals surface area contributed by atoms with Gasteiger partial charge in [-0.05, 0) is 29.5 Å². The number of aromatic nitrogens is 1. The lowest BCUT2D eigenvalue weighted by molar-refractivity contribution is -0.142. The quantitative estimate of drug-likeness (QED) is 0.590. The third kappa shape index (κ3) is 3.76. The molecule has 0 radical (unpaired) electrons. The van der Waals surface area contributed by atoms with Crippen LogP contribution in [-0.4, -0.2) is 24.7 Å². The van der Waals surface area contributed by atoms with Gasteiger partial charge < -0.3 is 9.47 Å². The van der Waals surface area contributed by atoms with Gasteiger partial charge in [0.05, 0.1) is 20.1 Å². The number of halogens is 3. The Kier molecular flexibility index (Phi) is 5.70. The third-order valence-electron chi connectivity index (χ3n) is 2.12. The molecule has 0 saturated heterocycles. The van der Waals surface area contributed by atoms with Crippen LogP contribution in [0.25, 0.3) is 0 Å². The second-order valence-electron chi connectivity index (χ2n) is 3.29. The van der Waals surface area contributed by atoms with E-state index in [1.165, 1.54) is 13.2 Å². The van der Waals surface area contributed by atoms with Crippen molar-refractivity contribution in [2.75, 3.05) is 13.7 Å². The highest BCUT2D eigenvalue weighted by Gasteiger charge is 2.21. The summed E-state index contributed by atoms with van der Waals surface area (Å²) in [5, 5.41) is 0. The summed E-state index contributed by atoms with van der Waals surface area (Å²) in [4.78, 5) is 15.0. The molecule has 0 amide bonds. The van der Waals surface area contributed by atoms with E-state index in [0.29, 0.717) is 3.57 Å². The monoisotopic (exact) mass is 371 g/mol. The lowest BCUT2D eigenvalue weighted by Gasteiger charge is -2.11. The maximum absolute atomic E-state index is 12.9. The molecule has 0 fully saturated rings. The molecule has 0 aliphatic rings. The molecule has 1 aromatic heterocycles. The van der Waals surface area contributed by atoms with E-state index in [0.717, 1.165) is 0 Å². The second-order valence-corrected chi connectivity index (χ2v) is 4.45. The topological polar surface area (TPSA) is 48.4 Å². The lowest BCUT2D eigenvalue weighted by Crippen LogP contribution is -2.12. The van der Waals surface area contributed by atoms with Crippen LogP contribution in [0.2, 0.25) is 0 Å². The van der Waals surface area contributed by atoms with Gasteiger partial charge in [0.25, 0.3) is 6.43 Å². The van der Waals surface area contributed by atoms with Gasteiger partial charge in [0, 0.05) is 15.2 Å². The van der Waals surface area contributed by atoms with Gasteiger partial charge in [0.1, 0.15) is 5.69 Å². The summed E-state index contributed by atoms with van der Waals surface area (Å²) in [6.07, 6.45) is -2.99. The molecule has 4 nitrogen and oxygen atoms in total. The summed E-state index contributed by atoms with van der Waals surface area (Å²) in [6.45, 7) is 1.87. The van der Waals surface area contributed by atoms with Crippen LogP contribution in [0.5, 0.6) is 5.88 Å². The Morgan fingerprint density at radius 1 is 1.56 bits per heavy atom. The van der Waals surface area contributed by atoms with Gasteiger partial charge in [0.2, 0.25) is 5.88 Å². The van der Waals surface area contributed by atoms with Crippen molar-refractivity contribution in [3.05, 3.63) is 20.9 Å². The molecule has 1 heterocycles. The van der Waals surface area contributed by atoms with Crippen LogP contribution in [0.15, 0.2) is 6.07 Å². The zero-order valence-corrected chi connectivity index (χ0v) is 12.0. The fourth-order valence-corrected chi connectivity index (χ4v) is 2.09. The Morgan fingerprint density at radius 3 is 2.72 bits per heavy atom. The summed E-state index contributed by atoms with van der Waals surface area (Å²) in [6, 6.07) is 1.50. The van der Waals surface area contributed by atoms with Gasteiger partial charge in [-0.1, -0.05) is 0 Å². The summed E-state index contributed by atoms with van der Waals surface area (Å²) in [5.41, 5.74) is -0.253. The minimum absolute atomic E-state index is 0.0994. The zero-order chi connectivity index (χ0) is 13.7. The first kappa shape index (κ1) is 15.1. The maximum Gasteiger partial charge on any atom is 0.310 e. The minimum atomic E-state index is -2.77. The molecule has 0 aromatic carbocycles. The first-order valence-corrected chi connectivity index (χ1v) is 6.24. The fraction of sp³-hybridized carbons (Fsp3) is 0.455. The van der Waals surface area contributed by atoms with Gasteiger partial charge in [-0.3, -0.25) is 4.79 Å². The molecule has 0 aliphatic heterocycles. The number of ether oxygens (including phenoxy) is 2. The molecule has 0 N–H and O–H groups in total. The van der Waals surface area contributed by atoms with Crippen molar-refractivity contribution in [1.82, 2.24) is 4.98 Å². The summed E-state index contributed by atoms with van der Waals surface area (Å²) >= 11 is 1.87. The van der Waals surface area contributed by atoms with Crippen molar-refractivity contribution in [3.63, 3.8) is 0 Å². The van der Waals surface area contributed by atoms with E-state index in [1.807, 2.05) is 22.6 Å². The number of pyridine rings is 1. The van der Waals surface area contributed by atoms with Crippen LogP contribution < -0.4 is 4.74 Å². The molecule has 0 aliphatic carbocycles. The number of hydrogen-bond acceptors (Lipinski definition) is 4. The average molecular weight is 371 g/mol. The van der Waals surface area contributed by atoms with Gasteiger partial charge in [-0.15, -0.1) is 0 Å². The highest BCUT2D eigenvalue weighted by molar-refractivity contribution is 14.1. The summed E-state index contributed by atoms with van der Waals surface area (Å²) in [5.74, 6) is -0.452. The predicted molar refractivity (Wildman–Crippen MR) is 68.8 cm³/mol. The van der Waals surface area contributed by atoms with E-state index in [4.69, 9.17) is 9.47 Å². The van der Waals surface area contributed by atoms with Crippen molar-refractivity contribution in [2.45, 2.75) is 19.8 Å². The van der Waals surface area contributed by atoms with E-state index in [2.05, 4.69) is 4.98 Å². The normalized spacial score (nSPS) is 10.6. The molecule has 7 heteroatoms. The number of hydrogen-bond donors (Lipinski definition) is 0. The summed E-state index contributed by atoms with van der Waals surface area (Å²) in [7, 11) is 1.35. The molecule has 0 bridgehead atoms. The average Bonchev–Trinajstić information content (AvgIpc) is 2.31. The predicted octanol–water partition coefficient (Wildman–Crippen LogP) is 2.74. The standard InChI is InChI=1S/C11H12F2INO3/c1-3-18-9(16)4-6-7(14)5-8(17-2)15-10(6)11(12)13/h5,11H,3-4H2,1-2H3. The third-order valence-corrected chi connectivity index (χ3v) is 3.08. The SMILES string of the molecule is CCOC(=O)Cc1c(I)cc(OC)nc1C(F)F. The van der Waals surface area contributed by atoms with E-state index in [9.17, 15) is 13.6 Å². The Hall–Kier alpha value is -0.990. The summed E-state index contributed by atoms with van der Waals surface area (Å²) < 4.78 is 35.8. The van der Waals surface area contributed by atoms with Crippen molar-refractivity contribution < 1.29 is 23.0 Å². The molecule has 1 rings (SSSR count). The van der Waals surface area contributed by atoms with Crippen molar-refractivity contribution in [1.29, 1.82) is 0 Å². The lowest BCUT2D eigenvalue weighted by atomic mass is 10.1. The molecule has 0 atom stereocenters. The fourth-order valence-electron chi connectivity index (χ4n) is 1.35. The number of carbonyl (C=O) groups is 1. The highest BCUT2D eigenvalue weighted by Crippen LogP contribution is 2.28. The minimum Gasteiger partial charge on any atom is -0.481 e. The highest BCUT2D eigenvalue weighted by atomic mass is 127. The molecule has 0 saturated carbocycles. The van der Waals surface area contributed by atoms with Gasteiger partial charge in [-0.2, -0.15) is 0 Å². The Labute approximate surface area is 117 Å². The maximum atomic E-state index is 12.9.